The summed E-state index contributed by atoms with van der Waals surface area (Å²) in [6.45, 7) is -0.199. The van der Waals surface area contributed by atoms with Gasteiger partial charge in [0, 0.05) is 16.5 Å². The van der Waals surface area contributed by atoms with Crippen molar-refractivity contribution in [2.45, 2.75) is 5.41 Å². The summed E-state index contributed by atoms with van der Waals surface area (Å²) in [5.41, 5.74) is 20.7. The molecule has 0 radical (unpaired) electrons. The Hall–Kier alpha value is -7.49. The van der Waals surface area contributed by atoms with E-state index in [1.165, 1.54) is 66.7 Å². The summed E-state index contributed by atoms with van der Waals surface area (Å²) in [5.74, 6) is 0. The molecule has 0 saturated heterocycles. The van der Waals surface area contributed by atoms with Gasteiger partial charge in [0.05, 0.1) is 16.4 Å². The van der Waals surface area contributed by atoms with Gasteiger partial charge in [-0.2, -0.15) is 0 Å². The van der Waals surface area contributed by atoms with Crippen LogP contribution in [0.1, 0.15) is 22.3 Å². The maximum absolute atomic E-state index is 15.1. The first-order valence-corrected chi connectivity index (χ1v) is 20.5. The standard InChI is InChI=1S/C56H34BNO/c59-55-41-25-14-29-47-52(41)58-53-42(55)26-15-31-49(53)57(50-32-16-30-48(54(50)58)56(47)45-27-12-10-23-39(45)40-24-11-13-28-46(40)56)51-43(36-19-6-2-7-20-36)33-38(35-17-4-1-5-18-35)34-44(51)37-21-8-3-9-22-37/h1-34H. The smallest absolute Gasteiger partial charge is 0.248 e. The molecule has 1 aromatic heterocycles. The summed E-state index contributed by atoms with van der Waals surface area (Å²) in [4.78, 5) is 15.1. The summed E-state index contributed by atoms with van der Waals surface area (Å²) in [5, 5.41) is 1.51. The fraction of sp³-hybridized carbons (Fsp3) is 0.0179. The van der Waals surface area contributed by atoms with Crippen LogP contribution in [-0.4, -0.2) is 11.3 Å². The zero-order valence-electron chi connectivity index (χ0n) is 32.1. The van der Waals surface area contributed by atoms with Crippen LogP contribution in [0, 0.1) is 0 Å². The molecule has 2 aliphatic heterocycles. The van der Waals surface area contributed by atoms with Crippen LogP contribution in [0.25, 0.3) is 72.0 Å². The van der Waals surface area contributed by atoms with Crippen LogP contribution < -0.4 is 21.8 Å². The minimum absolute atomic E-state index is 0.0808. The second-order valence-corrected chi connectivity index (χ2v) is 16.2. The SMILES string of the molecule is O=c1c2cccc3c2n2c4c(cccc14)C1(c4ccccc4-c4ccccc41)c1cccc(c1-2)B3c1c(-c2ccccc2)cc(-c2ccccc2)cc1-c1ccccc1. The zero-order chi connectivity index (χ0) is 38.8. The third-order valence-corrected chi connectivity index (χ3v) is 13.5. The van der Waals surface area contributed by atoms with Gasteiger partial charge in [0.15, 0.2) is 5.43 Å². The van der Waals surface area contributed by atoms with Crippen molar-refractivity contribution in [3.63, 3.8) is 0 Å². The molecular formula is C56H34BNO. The van der Waals surface area contributed by atoms with E-state index in [1.54, 1.807) is 0 Å². The molecule has 3 heterocycles. The highest BCUT2D eigenvalue weighted by molar-refractivity contribution is 6.99. The number of hydrogen-bond donors (Lipinski definition) is 0. The lowest BCUT2D eigenvalue weighted by molar-refractivity contribution is 0.748. The summed E-state index contributed by atoms with van der Waals surface area (Å²) in [6.07, 6.45) is 0. The molecular weight excluding hydrogens is 713 g/mol. The molecule has 0 atom stereocenters. The fourth-order valence-corrected chi connectivity index (χ4v) is 11.2. The maximum atomic E-state index is 15.1. The largest absolute Gasteiger partial charge is 0.309 e. The Morgan fingerprint density at radius 1 is 0.373 bits per heavy atom. The fourth-order valence-electron chi connectivity index (χ4n) is 11.2. The minimum Gasteiger partial charge on any atom is -0.309 e. The monoisotopic (exact) mass is 747 g/mol. The lowest BCUT2D eigenvalue weighted by Crippen LogP contribution is -2.59. The number of pyridine rings is 1. The van der Waals surface area contributed by atoms with E-state index < -0.39 is 5.41 Å². The normalized spacial score (nSPS) is 13.6. The van der Waals surface area contributed by atoms with Gasteiger partial charge in [0.25, 0.3) is 0 Å². The molecule has 0 amide bonds. The number of fused-ring (bicyclic) bond motifs is 7. The van der Waals surface area contributed by atoms with Crippen molar-refractivity contribution in [1.82, 2.24) is 4.57 Å². The van der Waals surface area contributed by atoms with E-state index in [4.69, 9.17) is 0 Å². The van der Waals surface area contributed by atoms with E-state index in [1.807, 2.05) is 12.1 Å². The van der Waals surface area contributed by atoms with Crippen LogP contribution in [0.4, 0.5) is 0 Å². The van der Waals surface area contributed by atoms with Crippen molar-refractivity contribution in [2.75, 3.05) is 0 Å². The molecule has 0 saturated carbocycles. The molecule has 1 spiro atoms. The molecule has 3 aliphatic rings. The molecule has 3 heteroatoms. The Morgan fingerprint density at radius 2 is 0.847 bits per heavy atom. The summed E-state index contributed by atoms with van der Waals surface area (Å²) < 4.78 is 2.48. The van der Waals surface area contributed by atoms with E-state index >= 15 is 4.79 Å². The Bertz CT molecular complexity index is 3350. The first-order valence-electron chi connectivity index (χ1n) is 20.5. The predicted molar refractivity (Wildman–Crippen MR) is 245 cm³/mol. The third-order valence-electron chi connectivity index (χ3n) is 13.5. The number of nitrogens with zero attached hydrogens (tertiary/aromatic N) is 1. The van der Waals surface area contributed by atoms with E-state index in [2.05, 4.69) is 199 Å². The second kappa shape index (κ2) is 12.0. The van der Waals surface area contributed by atoms with Gasteiger partial charge in [-0.25, -0.2) is 0 Å². The Kier molecular flexibility index (Phi) is 6.64. The lowest BCUT2D eigenvalue weighted by Gasteiger charge is -2.44. The van der Waals surface area contributed by atoms with Gasteiger partial charge in [0.1, 0.15) is 0 Å². The van der Waals surface area contributed by atoms with Crippen LogP contribution in [0.5, 0.6) is 0 Å². The molecule has 0 N–H and O–H groups in total. The molecule has 9 aromatic carbocycles. The Labute approximate surface area is 342 Å². The van der Waals surface area contributed by atoms with Crippen molar-refractivity contribution in [2.24, 2.45) is 0 Å². The predicted octanol–water partition coefficient (Wildman–Crippen LogP) is 10.7. The molecule has 0 unspecified atom stereocenters. The van der Waals surface area contributed by atoms with E-state index in [-0.39, 0.29) is 12.1 Å². The molecule has 0 bridgehead atoms. The minimum atomic E-state index is -0.628. The van der Waals surface area contributed by atoms with Gasteiger partial charge < -0.3 is 4.57 Å². The number of hydrogen-bond acceptors (Lipinski definition) is 1. The number of para-hydroxylation sites is 3. The lowest BCUT2D eigenvalue weighted by atomic mass is 9.33. The quantitative estimate of drug-likeness (QED) is 0.130. The zero-order valence-corrected chi connectivity index (χ0v) is 32.1. The molecule has 0 fully saturated rings. The molecule has 10 aromatic rings. The van der Waals surface area contributed by atoms with Gasteiger partial charge in [-0.1, -0.05) is 187 Å². The summed E-state index contributed by atoms with van der Waals surface area (Å²) in [6, 6.07) is 74.9. The van der Waals surface area contributed by atoms with Crippen LogP contribution in [-0.2, 0) is 5.41 Å². The summed E-state index contributed by atoms with van der Waals surface area (Å²) in [7, 11) is 0. The molecule has 2 nitrogen and oxygen atoms in total. The van der Waals surface area contributed by atoms with Crippen LogP contribution >= 0.6 is 0 Å². The van der Waals surface area contributed by atoms with Gasteiger partial charge in [0.2, 0.25) is 6.71 Å². The van der Waals surface area contributed by atoms with Crippen LogP contribution in [0.3, 0.4) is 0 Å². The third kappa shape index (κ3) is 4.19. The summed E-state index contributed by atoms with van der Waals surface area (Å²) >= 11 is 0. The highest BCUT2D eigenvalue weighted by Gasteiger charge is 2.52. The van der Waals surface area contributed by atoms with Crippen LogP contribution in [0.2, 0.25) is 0 Å². The second-order valence-electron chi connectivity index (χ2n) is 16.2. The van der Waals surface area contributed by atoms with Gasteiger partial charge in [-0.05, 0) is 102 Å². The first-order chi connectivity index (χ1) is 29.2. The van der Waals surface area contributed by atoms with Crippen molar-refractivity contribution >= 4 is 44.9 Å². The van der Waals surface area contributed by atoms with Gasteiger partial charge in [-0.3, -0.25) is 4.79 Å². The molecule has 13 rings (SSSR count). The number of aromatic nitrogens is 1. The topological polar surface area (TPSA) is 22.0 Å². The number of rotatable bonds is 4. The average molecular weight is 748 g/mol. The maximum Gasteiger partial charge on any atom is 0.248 e. The highest BCUT2D eigenvalue weighted by Crippen LogP contribution is 2.60. The van der Waals surface area contributed by atoms with Gasteiger partial charge in [-0.15, -0.1) is 0 Å². The van der Waals surface area contributed by atoms with Crippen LogP contribution in [0.15, 0.2) is 211 Å². The van der Waals surface area contributed by atoms with Crippen molar-refractivity contribution < 1.29 is 0 Å². The molecule has 272 valence electrons. The highest BCUT2D eigenvalue weighted by atomic mass is 16.1. The first kappa shape index (κ1) is 32.6. The number of benzene rings is 9. The van der Waals surface area contributed by atoms with E-state index in [0.29, 0.717) is 0 Å². The van der Waals surface area contributed by atoms with Crippen molar-refractivity contribution in [3.05, 3.63) is 239 Å². The van der Waals surface area contributed by atoms with Crippen molar-refractivity contribution in [3.8, 4) is 50.2 Å². The Morgan fingerprint density at radius 3 is 1.47 bits per heavy atom. The Balaban J connectivity index is 1.25. The average Bonchev–Trinajstić information content (AvgIpc) is 3.60. The molecule has 59 heavy (non-hydrogen) atoms. The molecule has 1 aliphatic carbocycles. The van der Waals surface area contributed by atoms with E-state index in [9.17, 15) is 0 Å². The van der Waals surface area contributed by atoms with Gasteiger partial charge >= 0.3 is 0 Å². The van der Waals surface area contributed by atoms with Crippen molar-refractivity contribution in [1.29, 1.82) is 0 Å². The van der Waals surface area contributed by atoms with E-state index in [0.717, 1.165) is 44.0 Å².